The molecule has 6 heteroatoms. The van der Waals surface area contributed by atoms with Gasteiger partial charge in [-0.05, 0) is 17.4 Å². The van der Waals surface area contributed by atoms with Crippen LogP contribution in [0.1, 0.15) is 0 Å². The first kappa shape index (κ1) is 11.7. The van der Waals surface area contributed by atoms with Crippen LogP contribution in [-0.2, 0) is 30.4 Å². The maximum atomic E-state index is 5.73. The van der Waals surface area contributed by atoms with Gasteiger partial charge in [0.2, 0.25) is 5.52 Å². The molecule has 1 aliphatic rings. The predicted molar refractivity (Wildman–Crippen MR) is 74.5 cm³/mol. The second-order valence-corrected chi connectivity index (χ2v) is 6.17. The zero-order valence-corrected chi connectivity index (χ0v) is 11.6. The van der Waals surface area contributed by atoms with Crippen LogP contribution in [-0.4, -0.2) is 26.3 Å². The Bertz CT molecular complexity index is 549. The molecular weight excluding hydrogens is 272 g/mol. The van der Waals surface area contributed by atoms with Gasteiger partial charge in [-0.25, -0.2) is 3.97 Å². The Kier molecular flexibility index (Phi) is 3.00. The van der Waals surface area contributed by atoms with Gasteiger partial charge in [0, 0.05) is 6.07 Å². The lowest BCUT2D eigenvalue weighted by atomic mass is 10.3. The van der Waals surface area contributed by atoms with Crippen LogP contribution in [0.15, 0.2) is 24.3 Å². The third-order valence-corrected chi connectivity index (χ3v) is 5.42. The fourth-order valence-electron chi connectivity index (χ4n) is 2.03. The molecule has 3 rings (SSSR count). The van der Waals surface area contributed by atoms with Crippen molar-refractivity contribution < 1.29 is 8.71 Å². The van der Waals surface area contributed by atoms with Crippen LogP contribution in [0.5, 0.6) is 0 Å². The molecule has 3 nitrogen and oxygen atoms in total. The van der Waals surface area contributed by atoms with Crippen LogP contribution in [0.3, 0.4) is 0 Å². The lowest BCUT2D eigenvalue weighted by Gasteiger charge is -2.41. The summed E-state index contributed by atoms with van der Waals surface area (Å²) in [4.78, 5) is 0. The molecule has 0 bridgehead atoms. The Balaban J connectivity index is 2.13. The van der Waals surface area contributed by atoms with Crippen molar-refractivity contribution in [3.8, 4) is 0 Å². The highest BCUT2D eigenvalue weighted by molar-refractivity contribution is 7.59. The molecule has 1 aliphatic heterocycles. The predicted octanol–water partition coefficient (Wildman–Crippen LogP) is 1.30. The number of fused-ring (bicyclic) bond motifs is 1. The smallest absolute Gasteiger partial charge is 0.398 e. The first-order chi connectivity index (χ1) is 8.21. The average molecular weight is 284 g/mol. The van der Waals surface area contributed by atoms with E-state index in [1.54, 1.807) is 11.3 Å². The molecule has 90 valence electrons. The number of thiazole rings is 1. The molecule has 0 saturated carbocycles. The van der Waals surface area contributed by atoms with Gasteiger partial charge in [0.25, 0.3) is 0 Å². The Morgan fingerprint density at radius 2 is 1.94 bits per heavy atom. The summed E-state index contributed by atoms with van der Waals surface area (Å²) in [5, 5.41) is 1.06. The number of hydrogen-bond acceptors (Lipinski definition) is 4. The largest absolute Gasteiger partial charge is 0.481 e. The minimum absolute atomic E-state index is 0.475. The summed E-state index contributed by atoms with van der Waals surface area (Å²) >= 11 is 12.9. The highest BCUT2D eigenvalue weighted by atomic mass is 32.1. The number of benzene rings is 1. The monoisotopic (exact) mass is 284 g/mol. The molecule has 1 saturated heterocycles. The first-order valence-electron chi connectivity index (χ1n) is 5.48. The van der Waals surface area contributed by atoms with Crippen molar-refractivity contribution in [2.75, 3.05) is 26.3 Å². The molecule has 1 fully saturated rings. The van der Waals surface area contributed by atoms with Crippen LogP contribution in [0, 0.1) is 0 Å². The van der Waals surface area contributed by atoms with E-state index >= 15 is 0 Å². The molecule has 0 atom stereocenters. The maximum Gasteiger partial charge on any atom is 0.398 e. The number of quaternary nitrogens is 1. The zero-order chi connectivity index (χ0) is 11.9. The Morgan fingerprint density at radius 3 is 2.65 bits per heavy atom. The maximum absolute atomic E-state index is 5.73. The van der Waals surface area contributed by atoms with E-state index in [0.717, 1.165) is 23.7 Å². The van der Waals surface area contributed by atoms with Gasteiger partial charge >= 0.3 is 5.13 Å². The van der Waals surface area contributed by atoms with Crippen molar-refractivity contribution in [1.82, 2.24) is 3.89 Å². The Morgan fingerprint density at radius 1 is 1.24 bits per heavy atom. The standard InChI is InChI=1S/C11H12N2OS3/c15-12-9-3-1-2-4-10(9)17-11(12)13(16)5-7-14-8-6-13/h1-4H,5-8H2. The van der Waals surface area contributed by atoms with Crippen LogP contribution < -0.4 is 7.86 Å². The van der Waals surface area contributed by atoms with Crippen molar-refractivity contribution in [3.63, 3.8) is 0 Å². The molecule has 2 heterocycles. The molecule has 1 aromatic carbocycles. The van der Waals surface area contributed by atoms with Gasteiger partial charge < -0.3 is 34.3 Å². The summed E-state index contributed by atoms with van der Waals surface area (Å²) in [6.07, 6.45) is 0. The highest BCUT2D eigenvalue weighted by Crippen LogP contribution is 2.31. The van der Waals surface area contributed by atoms with Gasteiger partial charge in [-0.2, -0.15) is 0 Å². The molecule has 0 radical (unpaired) electrons. The van der Waals surface area contributed by atoms with Gasteiger partial charge in [0.15, 0.2) is 0 Å². The Labute approximate surface area is 115 Å². The van der Waals surface area contributed by atoms with Gasteiger partial charge in [0.05, 0.1) is 26.3 Å². The molecule has 17 heavy (non-hydrogen) atoms. The number of hydrogen-bond donors (Lipinski definition) is 0. The van der Waals surface area contributed by atoms with E-state index in [1.165, 1.54) is 4.70 Å². The minimum atomic E-state index is 0.475. The molecular formula is C11H12N2OS3. The van der Waals surface area contributed by atoms with E-state index in [1.807, 2.05) is 22.2 Å². The second kappa shape index (κ2) is 4.37. The number of aromatic nitrogens is 1. The third kappa shape index (κ3) is 1.94. The topological polar surface area (TPSA) is 13.1 Å². The number of ether oxygens (including phenoxy) is 1. The lowest BCUT2D eigenvalue weighted by Crippen LogP contribution is -2.55. The SMILES string of the molecule is [S-][n+]1c([N+]2([S-])CCOCC2)sc2ccccc21. The fourth-order valence-corrected chi connectivity index (χ4v) is 4.05. The van der Waals surface area contributed by atoms with Crippen LogP contribution in [0.25, 0.3) is 10.2 Å². The van der Waals surface area contributed by atoms with E-state index in [2.05, 4.69) is 6.07 Å². The quantitative estimate of drug-likeness (QED) is 0.445. The molecule has 1 aromatic heterocycles. The zero-order valence-electron chi connectivity index (χ0n) is 9.17. The summed E-state index contributed by atoms with van der Waals surface area (Å²) < 4.78 is 8.87. The molecule has 2 aromatic rings. The minimum Gasteiger partial charge on any atom is -0.481 e. The fraction of sp³-hybridized carbons (Fsp3) is 0.364. The van der Waals surface area contributed by atoms with Gasteiger partial charge in [0.1, 0.15) is 4.70 Å². The van der Waals surface area contributed by atoms with Crippen LogP contribution >= 0.6 is 11.3 Å². The molecule has 0 spiro atoms. The molecule has 0 unspecified atom stereocenters. The molecule has 0 amide bonds. The number of morpholine rings is 1. The van der Waals surface area contributed by atoms with E-state index in [4.69, 9.17) is 30.4 Å². The van der Waals surface area contributed by atoms with Gasteiger partial charge in [-0.3, -0.25) is 0 Å². The molecule has 0 N–H and O–H groups in total. The summed E-state index contributed by atoms with van der Waals surface area (Å²) in [6.45, 7) is 3.07. The first-order valence-corrected chi connectivity index (χ1v) is 7.03. The van der Waals surface area contributed by atoms with Crippen LogP contribution in [0.2, 0.25) is 0 Å². The number of rotatable bonds is 1. The van der Waals surface area contributed by atoms with E-state index < -0.39 is 0 Å². The van der Waals surface area contributed by atoms with Crippen molar-refractivity contribution in [2.24, 2.45) is 0 Å². The van der Waals surface area contributed by atoms with E-state index in [-0.39, 0.29) is 0 Å². The second-order valence-electron chi connectivity index (χ2n) is 4.10. The van der Waals surface area contributed by atoms with Crippen molar-refractivity contribution in [2.45, 2.75) is 0 Å². The van der Waals surface area contributed by atoms with Crippen LogP contribution in [0.4, 0.5) is 5.13 Å². The van der Waals surface area contributed by atoms with Crippen molar-refractivity contribution in [3.05, 3.63) is 24.3 Å². The Hall–Kier alpha value is -0.400. The van der Waals surface area contributed by atoms with Gasteiger partial charge in [-0.1, -0.05) is 12.1 Å². The average Bonchev–Trinajstić information content (AvgIpc) is 2.69. The highest BCUT2D eigenvalue weighted by Gasteiger charge is 2.31. The summed E-state index contributed by atoms with van der Waals surface area (Å²) in [7, 11) is 0. The van der Waals surface area contributed by atoms with Crippen molar-refractivity contribution >= 4 is 52.3 Å². The number of para-hydroxylation sites is 1. The summed E-state index contributed by atoms with van der Waals surface area (Å²) in [5.74, 6) is 0. The van der Waals surface area contributed by atoms with E-state index in [9.17, 15) is 0 Å². The number of nitrogens with zero attached hydrogens (tertiary/aromatic N) is 2. The molecule has 0 aliphatic carbocycles. The van der Waals surface area contributed by atoms with Crippen molar-refractivity contribution in [1.29, 1.82) is 0 Å². The lowest BCUT2D eigenvalue weighted by molar-refractivity contribution is -0.449. The van der Waals surface area contributed by atoms with Gasteiger partial charge in [-0.15, -0.1) is 0 Å². The third-order valence-electron chi connectivity index (χ3n) is 3.00. The summed E-state index contributed by atoms with van der Waals surface area (Å²) in [6, 6.07) is 8.18. The summed E-state index contributed by atoms with van der Waals surface area (Å²) in [5.41, 5.74) is 1.08. The van der Waals surface area contributed by atoms with E-state index in [0.29, 0.717) is 17.1 Å². The normalized spacial score (nSPS) is 19.6.